The SMILES string of the molecule is O=C(NCCCO)NCc1cc(F)ccc1F. The monoisotopic (exact) mass is 244 g/mol. The van der Waals surface area contributed by atoms with Gasteiger partial charge in [-0.05, 0) is 24.6 Å². The summed E-state index contributed by atoms with van der Waals surface area (Å²) in [5.41, 5.74) is 0.0855. The van der Waals surface area contributed by atoms with Gasteiger partial charge in [0.25, 0.3) is 0 Å². The minimum Gasteiger partial charge on any atom is -0.396 e. The van der Waals surface area contributed by atoms with Crippen molar-refractivity contribution in [1.82, 2.24) is 10.6 Å². The van der Waals surface area contributed by atoms with Crippen molar-refractivity contribution in [1.29, 1.82) is 0 Å². The Morgan fingerprint density at radius 2 is 2.06 bits per heavy atom. The molecule has 0 aliphatic rings. The van der Waals surface area contributed by atoms with Gasteiger partial charge in [0.1, 0.15) is 11.6 Å². The van der Waals surface area contributed by atoms with E-state index < -0.39 is 17.7 Å². The van der Waals surface area contributed by atoms with Gasteiger partial charge in [0.2, 0.25) is 0 Å². The molecule has 17 heavy (non-hydrogen) atoms. The molecule has 0 saturated carbocycles. The summed E-state index contributed by atoms with van der Waals surface area (Å²) in [6.07, 6.45) is 0.446. The Balaban J connectivity index is 2.39. The van der Waals surface area contributed by atoms with Crippen LogP contribution in [-0.2, 0) is 6.54 Å². The molecule has 0 aliphatic carbocycles. The molecular weight excluding hydrogens is 230 g/mol. The molecule has 1 rings (SSSR count). The van der Waals surface area contributed by atoms with E-state index in [1.54, 1.807) is 0 Å². The molecule has 0 unspecified atom stereocenters. The van der Waals surface area contributed by atoms with Gasteiger partial charge in [-0.3, -0.25) is 0 Å². The predicted molar refractivity (Wildman–Crippen MR) is 58.3 cm³/mol. The van der Waals surface area contributed by atoms with Crippen molar-refractivity contribution in [2.24, 2.45) is 0 Å². The van der Waals surface area contributed by atoms with E-state index in [0.29, 0.717) is 13.0 Å². The van der Waals surface area contributed by atoms with Crippen molar-refractivity contribution in [3.8, 4) is 0 Å². The first-order valence-corrected chi connectivity index (χ1v) is 5.20. The Bertz CT molecular complexity index is 386. The number of amides is 2. The Morgan fingerprint density at radius 3 is 2.76 bits per heavy atom. The largest absolute Gasteiger partial charge is 0.396 e. The van der Waals surface area contributed by atoms with Crippen LogP contribution >= 0.6 is 0 Å². The van der Waals surface area contributed by atoms with Gasteiger partial charge >= 0.3 is 6.03 Å². The third-order valence-electron chi connectivity index (χ3n) is 2.07. The number of carbonyl (C=O) groups is 1. The van der Waals surface area contributed by atoms with E-state index in [-0.39, 0.29) is 18.7 Å². The maximum atomic E-state index is 13.2. The molecule has 0 saturated heterocycles. The second-order valence-corrected chi connectivity index (χ2v) is 3.42. The molecular formula is C11H14F2N2O2. The first kappa shape index (κ1) is 13.4. The van der Waals surface area contributed by atoms with Crippen LogP contribution in [-0.4, -0.2) is 24.3 Å². The van der Waals surface area contributed by atoms with Gasteiger partial charge in [-0.2, -0.15) is 0 Å². The molecule has 0 aromatic heterocycles. The fourth-order valence-corrected chi connectivity index (χ4v) is 1.20. The van der Waals surface area contributed by atoms with E-state index in [4.69, 9.17) is 5.11 Å². The highest BCUT2D eigenvalue weighted by Crippen LogP contribution is 2.08. The van der Waals surface area contributed by atoms with Crippen LogP contribution in [0.4, 0.5) is 13.6 Å². The molecule has 2 amide bonds. The predicted octanol–water partition coefficient (Wildman–Crippen LogP) is 1.15. The van der Waals surface area contributed by atoms with Gasteiger partial charge in [-0.1, -0.05) is 0 Å². The maximum Gasteiger partial charge on any atom is 0.315 e. The normalized spacial score (nSPS) is 10.1. The van der Waals surface area contributed by atoms with E-state index in [0.717, 1.165) is 18.2 Å². The lowest BCUT2D eigenvalue weighted by Crippen LogP contribution is -2.36. The van der Waals surface area contributed by atoms with E-state index in [9.17, 15) is 13.6 Å². The number of aliphatic hydroxyl groups is 1. The third kappa shape index (κ3) is 4.78. The summed E-state index contributed by atoms with van der Waals surface area (Å²) in [7, 11) is 0. The van der Waals surface area contributed by atoms with Crippen LogP contribution in [0.3, 0.4) is 0 Å². The van der Waals surface area contributed by atoms with Crippen molar-refractivity contribution in [2.45, 2.75) is 13.0 Å². The van der Waals surface area contributed by atoms with Gasteiger partial charge in [-0.25, -0.2) is 13.6 Å². The first-order chi connectivity index (χ1) is 8.13. The number of halogens is 2. The van der Waals surface area contributed by atoms with Crippen LogP contribution in [0.25, 0.3) is 0 Å². The molecule has 0 fully saturated rings. The fraction of sp³-hybridized carbons (Fsp3) is 0.364. The highest BCUT2D eigenvalue weighted by atomic mass is 19.1. The number of rotatable bonds is 5. The Kier molecular flexibility index (Phi) is 5.35. The molecule has 3 N–H and O–H groups in total. The quantitative estimate of drug-likeness (QED) is 0.680. The molecule has 94 valence electrons. The minimum absolute atomic E-state index is 0.0151. The van der Waals surface area contributed by atoms with Crippen LogP contribution in [0, 0.1) is 11.6 Å². The number of nitrogens with one attached hydrogen (secondary N) is 2. The lowest BCUT2D eigenvalue weighted by molar-refractivity contribution is 0.237. The zero-order valence-electron chi connectivity index (χ0n) is 9.17. The topological polar surface area (TPSA) is 61.4 Å². The van der Waals surface area contributed by atoms with Crippen molar-refractivity contribution >= 4 is 6.03 Å². The number of urea groups is 1. The summed E-state index contributed by atoms with van der Waals surface area (Å²) >= 11 is 0. The molecule has 0 bridgehead atoms. The Labute approximate surface area is 97.6 Å². The Hall–Kier alpha value is -1.69. The minimum atomic E-state index is -0.568. The van der Waals surface area contributed by atoms with Crippen molar-refractivity contribution in [3.63, 3.8) is 0 Å². The van der Waals surface area contributed by atoms with Gasteiger partial charge in [-0.15, -0.1) is 0 Å². The first-order valence-electron chi connectivity index (χ1n) is 5.20. The molecule has 4 nitrogen and oxygen atoms in total. The lowest BCUT2D eigenvalue weighted by atomic mass is 10.2. The third-order valence-corrected chi connectivity index (χ3v) is 2.07. The molecule has 1 aromatic rings. The second-order valence-electron chi connectivity index (χ2n) is 3.42. The summed E-state index contributed by atoms with van der Waals surface area (Å²) in [5, 5.41) is 13.3. The van der Waals surface area contributed by atoms with Crippen molar-refractivity contribution < 1.29 is 18.7 Å². The van der Waals surface area contributed by atoms with Crippen LogP contribution in [0.15, 0.2) is 18.2 Å². The standard InChI is InChI=1S/C11H14F2N2O2/c12-9-2-3-10(13)8(6-9)7-15-11(17)14-4-1-5-16/h2-3,6,16H,1,4-5,7H2,(H2,14,15,17). The molecule has 0 heterocycles. The molecule has 0 spiro atoms. The smallest absolute Gasteiger partial charge is 0.315 e. The Morgan fingerprint density at radius 1 is 1.29 bits per heavy atom. The number of carbonyl (C=O) groups excluding carboxylic acids is 1. The van der Waals surface area contributed by atoms with Crippen LogP contribution in [0.2, 0.25) is 0 Å². The second kappa shape index (κ2) is 6.80. The number of hydrogen-bond acceptors (Lipinski definition) is 2. The van der Waals surface area contributed by atoms with Crippen LogP contribution < -0.4 is 10.6 Å². The molecule has 1 aromatic carbocycles. The fourth-order valence-electron chi connectivity index (χ4n) is 1.20. The zero-order chi connectivity index (χ0) is 12.7. The summed E-state index contributed by atoms with van der Waals surface area (Å²) in [6, 6.07) is 2.57. The average Bonchev–Trinajstić information content (AvgIpc) is 2.31. The summed E-state index contributed by atoms with van der Waals surface area (Å²) in [5.74, 6) is -1.12. The average molecular weight is 244 g/mol. The number of aliphatic hydroxyl groups excluding tert-OH is 1. The summed E-state index contributed by atoms with van der Waals surface area (Å²) in [4.78, 5) is 11.2. The van der Waals surface area contributed by atoms with Crippen LogP contribution in [0.5, 0.6) is 0 Å². The van der Waals surface area contributed by atoms with Gasteiger partial charge in [0.15, 0.2) is 0 Å². The van der Waals surface area contributed by atoms with E-state index >= 15 is 0 Å². The van der Waals surface area contributed by atoms with Crippen LogP contribution in [0.1, 0.15) is 12.0 Å². The van der Waals surface area contributed by atoms with Crippen molar-refractivity contribution in [2.75, 3.05) is 13.2 Å². The van der Waals surface area contributed by atoms with E-state index in [1.165, 1.54) is 0 Å². The highest BCUT2D eigenvalue weighted by Gasteiger charge is 2.05. The maximum absolute atomic E-state index is 13.2. The zero-order valence-corrected chi connectivity index (χ0v) is 9.17. The molecule has 6 heteroatoms. The van der Waals surface area contributed by atoms with Gasteiger partial charge in [0, 0.05) is 25.3 Å². The molecule has 0 aliphatic heterocycles. The summed E-state index contributed by atoms with van der Waals surface area (Å²) < 4.78 is 26.0. The van der Waals surface area contributed by atoms with Crippen molar-refractivity contribution in [3.05, 3.63) is 35.4 Å². The molecule has 0 radical (unpaired) electrons. The number of benzene rings is 1. The van der Waals surface area contributed by atoms with E-state index in [1.807, 2.05) is 0 Å². The highest BCUT2D eigenvalue weighted by molar-refractivity contribution is 5.73. The number of hydrogen-bond donors (Lipinski definition) is 3. The van der Waals surface area contributed by atoms with Gasteiger partial charge < -0.3 is 15.7 Å². The lowest BCUT2D eigenvalue weighted by Gasteiger charge is -2.07. The van der Waals surface area contributed by atoms with Gasteiger partial charge in [0.05, 0.1) is 0 Å². The molecule has 0 atom stereocenters. The van der Waals surface area contributed by atoms with E-state index in [2.05, 4.69) is 10.6 Å². The summed E-state index contributed by atoms with van der Waals surface area (Å²) in [6.45, 7) is 0.224.